The number of hydrogen-bond acceptors (Lipinski definition) is 4. The standard InChI is InChI=1S/C12H18N4O/c1-17-7-6-16(9-2-3-9)10-4-5-15-11(8-10)12(13)14/h4-5,8-9H,2-3,6-7H2,1H3,(H3,13,14). The van der Waals surface area contributed by atoms with Crippen molar-refractivity contribution in [2.45, 2.75) is 18.9 Å². The Hall–Kier alpha value is -1.62. The molecule has 1 aliphatic carbocycles. The molecule has 0 unspecified atom stereocenters. The van der Waals surface area contributed by atoms with Gasteiger partial charge >= 0.3 is 0 Å². The molecule has 92 valence electrons. The second-order valence-electron chi connectivity index (χ2n) is 4.23. The molecular weight excluding hydrogens is 216 g/mol. The van der Waals surface area contributed by atoms with Crippen molar-refractivity contribution in [3.8, 4) is 0 Å². The van der Waals surface area contributed by atoms with Gasteiger partial charge in [0.25, 0.3) is 0 Å². The Labute approximate surface area is 101 Å². The third kappa shape index (κ3) is 2.94. The van der Waals surface area contributed by atoms with E-state index in [9.17, 15) is 0 Å². The number of aromatic nitrogens is 1. The van der Waals surface area contributed by atoms with Crippen molar-refractivity contribution < 1.29 is 4.74 Å². The fourth-order valence-electron chi connectivity index (χ4n) is 1.84. The highest BCUT2D eigenvalue weighted by molar-refractivity contribution is 5.93. The van der Waals surface area contributed by atoms with Gasteiger partial charge in [0.1, 0.15) is 11.5 Å². The summed E-state index contributed by atoms with van der Waals surface area (Å²) in [5.41, 5.74) is 7.06. The number of anilines is 1. The van der Waals surface area contributed by atoms with Crippen LogP contribution in [0.2, 0.25) is 0 Å². The molecule has 1 saturated carbocycles. The van der Waals surface area contributed by atoms with E-state index < -0.39 is 0 Å². The maximum atomic E-state index is 7.41. The van der Waals surface area contributed by atoms with Crippen molar-refractivity contribution in [1.82, 2.24) is 4.98 Å². The van der Waals surface area contributed by atoms with Crippen molar-refractivity contribution in [3.63, 3.8) is 0 Å². The molecule has 5 heteroatoms. The first kappa shape index (κ1) is 11.9. The summed E-state index contributed by atoms with van der Waals surface area (Å²) >= 11 is 0. The molecule has 0 saturated heterocycles. The Kier molecular flexibility index (Phi) is 3.58. The maximum Gasteiger partial charge on any atom is 0.141 e. The zero-order valence-corrected chi connectivity index (χ0v) is 10.0. The molecule has 0 radical (unpaired) electrons. The smallest absolute Gasteiger partial charge is 0.141 e. The van der Waals surface area contributed by atoms with E-state index >= 15 is 0 Å². The molecule has 0 spiro atoms. The molecule has 0 aliphatic heterocycles. The largest absolute Gasteiger partial charge is 0.383 e. The topological polar surface area (TPSA) is 75.2 Å². The number of nitrogens with two attached hydrogens (primary N) is 1. The zero-order valence-electron chi connectivity index (χ0n) is 10.0. The second-order valence-corrected chi connectivity index (χ2v) is 4.23. The van der Waals surface area contributed by atoms with Crippen molar-refractivity contribution in [3.05, 3.63) is 24.0 Å². The summed E-state index contributed by atoms with van der Waals surface area (Å²) in [6.07, 6.45) is 4.15. The van der Waals surface area contributed by atoms with Crippen LogP contribution < -0.4 is 10.6 Å². The number of nitrogen functional groups attached to an aromatic ring is 1. The summed E-state index contributed by atoms with van der Waals surface area (Å²) < 4.78 is 5.13. The van der Waals surface area contributed by atoms with Gasteiger partial charge in [-0.25, -0.2) is 0 Å². The van der Waals surface area contributed by atoms with Gasteiger partial charge < -0.3 is 15.4 Å². The number of nitrogens with zero attached hydrogens (tertiary/aromatic N) is 2. The van der Waals surface area contributed by atoms with Crippen LogP contribution >= 0.6 is 0 Å². The summed E-state index contributed by atoms with van der Waals surface area (Å²) in [5, 5.41) is 7.41. The van der Waals surface area contributed by atoms with Crippen LogP contribution in [0.4, 0.5) is 5.69 Å². The number of pyridine rings is 1. The van der Waals surface area contributed by atoms with E-state index in [0.717, 1.165) is 12.2 Å². The monoisotopic (exact) mass is 234 g/mol. The molecule has 2 rings (SSSR count). The van der Waals surface area contributed by atoms with Crippen LogP contribution in [0.1, 0.15) is 18.5 Å². The van der Waals surface area contributed by atoms with Crippen molar-refractivity contribution in [2.75, 3.05) is 25.2 Å². The predicted octanol–water partition coefficient (Wildman–Crippen LogP) is 0.981. The van der Waals surface area contributed by atoms with E-state index in [1.807, 2.05) is 12.1 Å². The number of ether oxygens (including phenoxy) is 1. The number of rotatable bonds is 6. The molecule has 0 amide bonds. The predicted molar refractivity (Wildman–Crippen MR) is 67.5 cm³/mol. The third-order valence-corrected chi connectivity index (χ3v) is 2.88. The number of methoxy groups -OCH3 is 1. The Morgan fingerprint density at radius 3 is 3.00 bits per heavy atom. The zero-order chi connectivity index (χ0) is 12.3. The third-order valence-electron chi connectivity index (χ3n) is 2.88. The molecule has 17 heavy (non-hydrogen) atoms. The van der Waals surface area contributed by atoms with E-state index in [0.29, 0.717) is 18.3 Å². The van der Waals surface area contributed by atoms with Crippen LogP contribution in [-0.2, 0) is 4.74 Å². The van der Waals surface area contributed by atoms with Gasteiger partial charge in [0.2, 0.25) is 0 Å². The molecule has 0 bridgehead atoms. The van der Waals surface area contributed by atoms with E-state index in [2.05, 4.69) is 9.88 Å². The van der Waals surface area contributed by atoms with Gasteiger partial charge in [0.15, 0.2) is 0 Å². The van der Waals surface area contributed by atoms with E-state index in [-0.39, 0.29) is 5.84 Å². The summed E-state index contributed by atoms with van der Waals surface area (Å²) in [6.45, 7) is 1.57. The van der Waals surface area contributed by atoms with Crippen molar-refractivity contribution >= 4 is 11.5 Å². The van der Waals surface area contributed by atoms with Crippen molar-refractivity contribution in [2.24, 2.45) is 5.73 Å². The fourth-order valence-corrected chi connectivity index (χ4v) is 1.84. The SMILES string of the molecule is COCCN(c1ccnc(C(=N)N)c1)C1CC1. The van der Waals surface area contributed by atoms with Crippen LogP contribution in [0.3, 0.4) is 0 Å². The lowest BCUT2D eigenvalue weighted by Crippen LogP contribution is -2.29. The van der Waals surface area contributed by atoms with E-state index in [1.165, 1.54) is 12.8 Å². The average molecular weight is 234 g/mol. The summed E-state index contributed by atoms with van der Waals surface area (Å²) in [7, 11) is 1.71. The molecule has 0 aromatic carbocycles. The quantitative estimate of drug-likeness (QED) is 0.568. The molecule has 1 fully saturated rings. The Morgan fingerprint density at radius 2 is 2.41 bits per heavy atom. The summed E-state index contributed by atoms with van der Waals surface area (Å²) in [5.74, 6) is 0.00865. The van der Waals surface area contributed by atoms with Gasteiger partial charge in [-0.1, -0.05) is 0 Å². The van der Waals surface area contributed by atoms with Crippen LogP contribution in [0.15, 0.2) is 18.3 Å². The van der Waals surface area contributed by atoms with Crippen LogP contribution in [0.25, 0.3) is 0 Å². The minimum Gasteiger partial charge on any atom is -0.383 e. The number of hydrogen-bond donors (Lipinski definition) is 2. The first-order valence-electron chi connectivity index (χ1n) is 5.78. The molecule has 0 atom stereocenters. The normalized spacial score (nSPS) is 14.6. The van der Waals surface area contributed by atoms with Gasteiger partial charge in [-0.2, -0.15) is 0 Å². The first-order valence-corrected chi connectivity index (χ1v) is 5.78. The number of amidine groups is 1. The summed E-state index contributed by atoms with van der Waals surface area (Å²) in [4.78, 5) is 6.38. The molecule has 1 aliphatic rings. The van der Waals surface area contributed by atoms with Gasteiger partial charge in [-0.05, 0) is 25.0 Å². The minimum absolute atomic E-state index is 0.00865. The molecule has 1 aromatic heterocycles. The van der Waals surface area contributed by atoms with Gasteiger partial charge in [-0.3, -0.25) is 10.4 Å². The minimum atomic E-state index is 0.00865. The van der Waals surface area contributed by atoms with E-state index in [1.54, 1.807) is 13.3 Å². The van der Waals surface area contributed by atoms with Crippen LogP contribution in [-0.4, -0.2) is 37.1 Å². The van der Waals surface area contributed by atoms with Crippen LogP contribution in [0, 0.1) is 5.41 Å². The highest BCUT2D eigenvalue weighted by Gasteiger charge is 2.29. The first-order chi connectivity index (χ1) is 8.22. The van der Waals surface area contributed by atoms with E-state index in [4.69, 9.17) is 15.9 Å². The highest BCUT2D eigenvalue weighted by atomic mass is 16.5. The average Bonchev–Trinajstić information content (AvgIpc) is 3.14. The lowest BCUT2D eigenvalue weighted by Gasteiger charge is -2.24. The molecule has 5 nitrogen and oxygen atoms in total. The molecule has 3 N–H and O–H groups in total. The van der Waals surface area contributed by atoms with Crippen molar-refractivity contribution in [1.29, 1.82) is 5.41 Å². The Balaban J connectivity index is 2.16. The van der Waals surface area contributed by atoms with Gasteiger partial charge in [0, 0.05) is 31.6 Å². The Morgan fingerprint density at radius 1 is 1.65 bits per heavy atom. The lowest BCUT2D eigenvalue weighted by molar-refractivity contribution is 0.205. The molecule has 1 aromatic rings. The number of nitrogens with one attached hydrogen (secondary N) is 1. The molecular formula is C12H18N4O. The fraction of sp³-hybridized carbons (Fsp3) is 0.500. The summed E-state index contributed by atoms with van der Waals surface area (Å²) in [6, 6.07) is 4.43. The van der Waals surface area contributed by atoms with Crippen LogP contribution in [0.5, 0.6) is 0 Å². The highest BCUT2D eigenvalue weighted by Crippen LogP contribution is 2.31. The Bertz CT molecular complexity index is 403. The maximum absolute atomic E-state index is 7.41. The van der Waals surface area contributed by atoms with Gasteiger partial charge in [0.05, 0.1) is 6.61 Å². The second kappa shape index (κ2) is 5.14. The lowest BCUT2D eigenvalue weighted by atomic mass is 10.2. The van der Waals surface area contributed by atoms with Gasteiger partial charge in [-0.15, -0.1) is 0 Å². The molecule has 1 heterocycles.